The van der Waals surface area contributed by atoms with Crippen LogP contribution in [-0.4, -0.2) is 16.5 Å². The van der Waals surface area contributed by atoms with Crippen LogP contribution in [0.3, 0.4) is 0 Å². The number of nitrogens with zero attached hydrogens (tertiary/aromatic N) is 2. The molecule has 0 aliphatic rings. The highest BCUT2D eigenvalue weighted by Gasteiger charge is 2.11. The number of anilines is 1. The zero-order chi connectivity index (χ0) is 13.7. The van der Waals surface area contributed by atoms with Gasteiger partial charge in [0.05, 0.1) is 5.69 Å². The fourth-order valence-corrected chi connectivity index (χ4v) is 2.08. The van der Waals surface area contributed by atoms with Gasteiger partial charge in [-0.05, 0) is 37.6 Å². The topological polar surface area (TPSA) is 37.8 Å². The number of halogens is 1. The van der Waals surface area contributed by atoms with E-state index in [9.17, 15) is 4.39 Å². The molecule has 0 unspecified atom stereocenters. The van der Waals surface area contributed by atoms with Gasteiger partial charge in [0.2, 0.25) is 0 Å². The number of hydrogen-bond acceptors (Lipinski definition) is 3. The minimum Gasteiger partial charge on any atom is -0.370 e. The Morgan fingerprint density at radius 1 is 1.11 bits per heavy atom. The van der Waals surface area contributed by atoms with E-state index in [0.29, 0.717) is 0 Å². The van der Waals surface area contributed by atoms with Gasteiger partial charge in [-0.1, -0.05) is 13.3 Å². The summed E-state index contributed by atoms with van der Waals surface area (Å²) in [5.74, 6) is 0.639. The maximum absolute atomic E-state index is 13.0. The molecule has 0 aliphatic heterocycles. The van der Waals surface area contributed by atoms with Crippen molar-refractivity contribution in [1.82, 2.24) is 9.97 Å². The molecular weight excluding hydrogens is 241 g/mol. The molecule has 0 radical (unpaired) electrons. The lowest BCUT2D eigenvalue weighted by Crippen LogP contribution is -2.06. The number of nitrogens with one attached hydrogen (secondary N) is 1. The third-order valence-electron chi connectivity index (χ3n) is 2.91. The molecule has 2 rings (SSSR count). The molecule has 0 aliphatic carbocycles. The summed E-state index contributed by atoms with van der Waals surface area (Å²) in [6.07, 6.45) is 3.46. The van der Waals surface area contributed by atoms with Crippen molar-refractivity contribution in [1.29, 1.82) is 0 Å². The fraction of sp³-hybridized carbons (Fsp3) is 0.333. The van der Waals surface area contributed by atoms with Crippen LogP contribution in [0.4, 0.5) is 10.2 Å². The van der Waals surface area contributed by atoms with Gasteiger partial charge in [0, 0.05) is 17.7 Å². The molecule has 3 nitrogen and oxygen atoms in total. The van der Waals surface area contributed by atoms with Crippen LogP contribution in [0.5, 0.6) is 0 Å². The molecule has 0 amide bonds. The Balaban J connectivity index is 2.48. The third-order valence-corrected chi connectivity index (χ3v) is 2.91. The summed E-state index contributed by atoms with van der Waals surface area (Å²) < 4.78 is 13.0. The van der Waals surface area contributed by atoms with Gasteiger partial charge in [-0.3, -0.25) is 0 Å². The van der Waals surface area contributed by atoms with Crippen molar-refractivity contribution < 1.29 is 4.39 Å². The SMILES string of the molecule is CCCc1c(NCC)ncnc1-c1ccc(F)cc1. The lowest BCUT2D eigenvalue weighted by Gasteiger charge is -2.13. The average Bonchev–Trinajstić information content (AvgIpc) is 2.42. The van der Waals surface area contributed by atoms with Crippen LogP contribution in [0.15, 0.2) is 30.6 Å². The molecule has 0 atom stereocenters. The second-order valence-electron chi connectivity index (χ2n) is 4.34. The number of hydrogen-bond donors (Lipinski definition) is 1. The quantitative estimate of drug-likeness (QED) is 0.890. The van der Waals surface area contributed by atoms with E-state index in [-0.39, 0.29) is 5.82 Å². The van der Waals surface area contributed by atoms with Crippen molar-refractivity contribution in [3.05, 3.63) is 42.0 Å². The Labute approximate surface area is 112 Å². The van der Waals surface area contributed by atoms with Crippen LogP contribution in [0.1, 0.15) is 25.8 Å². The van der Waals surface area contributed by atoms with Crippen LogP contribution in [-0.2, 0) is 6.42 Å². The Bertz CT molecular complexity index is 538. The minimum absolute atomic E-state index is 0.234. The molecule has 0 spiro atoms. The van der Waals surface area contributed by atoms with Gasteiger partial charge in [-0.2, -0.15) is 0 Å². The van der Waals surface area contributed by atoms with E-state index in [2.05, 4.69) is 22.2 Å². The maximum Gasteiger partial charge on any atom is 0.133 e. The van der Waals surface area contributed by atoms with Crippen LogP contribution >= 0.6 is 0 Å². The van der Waals surface area contributed by atoms with Gasteiger partial charge in [0.15, 0.2) is 0 Å². The highest BCUT2D eigenvalue weighted by atomic mass is 19.1. The molecular formula is C15H18FN3. The third kappa shape index (κ3) is 3.08. The predicted molar refractivity (Wildman–Crippen MR) is 75.6 cm³/mol. The van der Waals surface area contributed by atoms with Gasteiger partial charge >= 0.3 is 0 Å². The van der Waals surface area contributed by atoms with E-state index in [0.717, 1.165) is 42.0 Å². The molecule has 1 aromatic carbocycles. The minimum atomic E-state index is -0.234. The summed E-state index contributed by atoms with van der Waals surface area (Å²) in [6.45, 7) is 4.98. The molecule has 4 heteroatoms. The van der Waals surface area contributed by atoms with Crippen molar-refractivity contribution in [2.75, 3.05) is 11.9 Å². The summed E-state index contributed by atoms with van der Waals surface area (Å²) in [5, 5.41) is 3.26. The highest BCUT2D eigenvalue weighted by Crippen LogP contribution is 2.26. The van der Waals surface area contributed by atoms with Crippen molar-refractivity contribution in [2.24, 2.45) is 0 Å². The predicted octanol–water partition coefficient (Wildman–Crippen LogP) is 3.67. The number of rotatable bonds is 5. The van der Waals surface area contributed by atoms with Crippen molar-refractivity contribution in [3.8, 4) is 11.3 Å². The van der Waals surface area contributed by atoms with Gasteiger partial charge in [0.1, 0.15) is 18.0 Å². The largest absolute Gasteiger partial charge is 0.370 e. The summed E-state index contributed by atoms with van der Waals surface area (Å²) in [4.78, 5) is 8.66. The molecule has 100 valence electrons. The summed E-state index contributed by atoms with van der Waals surface area (Å²) in [5.41, 5.74) is 2.90. The smallest absolute Gasteiger partial charge is 0.133 e. The Kier molecular flexibility index (Phi) is 4.44. The van der Waals surface area contributed by atoms with Crippen molar-refractivity contribution >= 4 is 5.82 Å². The van der Waals surface area contributed by atoms with Crippen LogP contribution in [0.2, 0.25) is 0 Å². The lowest BCUT2D eigenvalue weighted by molar-refractivity contribution is 0.628. The second kappa shape index (κ2) is 6.27. The molecule has 0 fully saturated rings. The first-order valence-corrected chi connectivity index (χ1v) is 6.60. The Morgan fingerprint density at radius 3 is 2.47 bits per heavy atom. The molecule has 0 saturated carbocycles. The van der Waals surface area contributed by atoms with Gasteiger partial charge in [-0.15, -0.1) is 0 Å². The van der Waals surface area contributed by atoms with Gasteiger partial charge < -0.3 is 5.32 Å². The first-order valence-electron chi connectivity index (χ1n) is 6.60. The number of aromatic nitrogens is 2. The number of benzene rings is 1. The Morgan fingerprint density at radius 2 is 1.84 bits per heavy atom. The first kappa shape index (κ1) is 13.5. The second-order valence-corrected chi connectivity index (χ2v) is 4.34. The van der Waals surface area contributed by atoms with E-state index in [1.54, 1.807) is 18.5 Å². The van der Waals surface area contributed by atoms with E-state index in [1.807, 2.05) is 6.92 Å². The molecule has 0 bridgehead atoms. The van der Waals surface area contributed by atoms with Crippen LogP contribution in [0, 0.1) is 5.82 Å². The summed E-state index contributed by atoms with van der Waals surface area (Å²) in [6, 6.07) is 6.43. The van der Waals surface area contributed by atoms with E-state index < -0.39 is 0 Å². The summed E-state index contributed by atoms with van der Waals surface area (Å²) in [7, 11) is 0. The standard InChI is InChI=1S/C15H18FN3/c1-3-5-13-14(11-6-8-12(16)9-7-11)18-10-19-15(13)17-4-2/h6-10H,3-5H2,1-2H3,(H,17,18,19). The molecule has 1 heterocycles. The van der Waals surface area contributed by atoms with Crippen molar-refractivity contribution in [3.63, 3.8) is 0 Å². The average molecular weight is 259 g/mol. The molecule has 0 saturated heterocycles. The van der Waals surface area contributed by atoms with E-state index in [1.165, 1.54) is 12.1 Å². The maximum atomic E-state index is 13.0. The zero-order valence-electron chi connectivity index (χ0n) is 11.3. The molecule has 1 aromatic heterocycles. The molecule has 1 N–H and O–H groups in total. The normalized spacial score (nSPS) is 10.5. The molecule has 19 heavy (non-hydrogen) atoms. The Hall–Kier alpha value is -1.97. The monoisotopic (exact) mass is 259 g/mol. The van der Waals surface area contributed by atoms with Crippen LogP contribution in [0.25, 0.3) is 11.3 Å². The first-order chi connectivity index (χ1) is 9.26. The van der Waals surface area contributed by atoms with E-state index >= 15 is 0 Å². The van der Waals surface area contributed by atoms with Crippen LogP contribution < -0.4 is 5.32 Å². The molecule has 2 aromatic rings. The fourth-order valence-electron chi connectivity index (χ4n) is 2.08. The van der Waals surface area contributed by atoms with Gasteiger partial charge in [-0.25, -0.2) is 14.4 Å². The zero-order valence-corrected chi connectivity index (χ0v) is 11.3. The summed E-state index contributed by atoms with van der Waals surface area (Å²) >= 11 is 0. The van der Waals surface area contributed by atoms with Gasteiger partial charge in [0.25, 0.3) is 0 Å². The highest BCUT2D eigenvalue weighted by molar-refractivity contribution is 5.68. The van der Waals surface area contributed by atoms with E-state index in [4.69, 9.17) is 0 Å². The van der Waals surface area contributed by atoms with Crippen molar-refractivity contribution in [2.45, 2.75) is 26.7 Å². The lowest BCUT2D eigenvalue weighted by atomic mass is 10.0.